The number of nitrogens with one attached hydrogen (secondary N) is 1. The Labute approximate surface area is 55.9 Å². The summed E-state index contributed by atoms with van der Waals surface area (Å²) in [5.41, 5.74) is 0. The first kappa shape index (κ1) is 5.10. The zero-order valence-electron chi connectivity index (χ0n) is 4.89. The molecule has 0 aromatic carbocycles. The molecule has 0 unspecified atom stereocenters. The summed E-state index contributed by atoms with van der Waals surface area (Å²) in [5, 5.41) is 16.9. The van der Waals surface area contributed by atoms with Crippen LogP contribution in [-0.2, 0) is 0 Å². The Hall–Kier alpha value is -1.72. The van der Waals surface area contributed by atoms with Crippen LogP contribution in [0.4, 0.5) is 0 Å². The Kier molecular flexibility index (Phi) is 0.970. The third-order valence-electron chi connectivity index (χ3n) is 1.000. The number of aromatic amines is 1. The minimum Gasteiger partial charge on any atom is -0.263 e. The standard InChI is InChI=1S/C4H3N6/c1-2-10(9-5-1)4-3-6-8-7-4/h1,3H,(H,6,7,8). The fraction of sp³-hybridized carbons (Fsp3) is 0. The summed E-state index contributed by atoms with van der Waals surface area (Å²) in [6.45, 7) is 0. The second kappa shape index (κ2) is 1.90. The second-order valence-electron chi connectivity index (χ2n) is 1.61. The van der Waals surface area contributed by atoms with Crippen LogP contribution in [0.1, 0.15) is 0 Å². The van der Waals surface area contributed by atoms with Crippen LogP contribution >= 0.6 is 0 Å². The molecular formula is C4H3N6. The van der Waals surface area contributed by atoms with Gasteiger partial charge in [-0.15, -0.1) is 10.2 Å². The summed E-state index contributed by atoms with van der Waals surface area (Å²) in [6.07, 6.45) is 5.77. The summed E-state index contributed by atoms with van der Waals surface area (Å²) in [6, 6.07) is 0. The lowest BCUT2D eigenvalue weighted by atomic mass is 10.7. The molecule has 0 spiro atoms. The van der Waals surface area contributed by atoms with Crippen LogP contribution < -0.4 is 0 Å². The number of H-pyrrole nitrogens is 1. The van der Waals surface area contributed by atoms with Gasteiger partial charge in [0.15, 0.2) is 5.82 Å². The van der Waals surface area contributed by atoms with E-state index >= 15 is 0 Å². The molecule has 2 heterocycles. The molecule has 49 valence electrons. The number of hydrogen-bond acceptors (Lipinski definition) is 4. The van der Waals surface area contributed by atoms with Gasteiger partial charge < -0.3 is 0 Å². The van der Waals surface area contributed by atoms with E-state index in [1.54, 1.807) is 6.20 Å². The number of hydrogen-bond donors (Lipinski definition) is 1. The predicted molar refractivity (Wildman–Crippen MR) is 30.1 cm³/mol. The van der Waals surface area contributed by atoms with Crippen LogP contribution in [0.3, 0.4) is 0 Å². The maximum absolute atomic E-state index is 3.68. The third-order valence-corrected chi connectivity index (χ3v) is 1.000. The highest BCUT2D eigenvalue weighted by Gasteiger charge is 1.97. The Bertz CT molecular complexity index is 249. The monoisotopic (exact) mass is 135 g/mol. The summed E-state index contributed by atoms with van der Waals surface area (Å²) in [7, 11) is 0. The van der Waals surface area contributed by atoms with E-state index in [-0.39, 0.29) is 0 Å². The topological polar surface area (TPSA) is 72.3 Å². The van der Waals surface area contributed by atoms with Gasteiger partial charge in [-0.2, -0.15) is 4.68 Å². The van der Waals surface area contributed by atoms with Crippen molar-refractivity contribution in [2.45, 2.75) is 0 Å². The maximum Gasteiger partial charge on any atom is 0.197 e. The Morgan fingerprint density at radius 3 is 3.20 bits per heavy atom. The molecule has 0 bridgehead atoms. The van der Waals surface area contributed by atoms with Crippen molar-refractivity contribution in [2.75, 3.05) is 0 Å². The van der Waals surface area contributed by atoms with E-state index < -0.39 is 0 Å². The van der Waals surface area contributed by atoms with Gasteiger partial charge in [0.05, 0.1) is 12.4 Å². The number of aromatic nitrogens is 6. The molecule has 0 saturated heterocycles. The summed E-state index contributed by atoms with van der Waals surface area (Å²) in [4.78, 5) is 0. The van der Waals surface area contributed by atoms with Crippen molar-refractivity contribution in [3.05, 3.63) is 18.6 Å². The SMILES string of the molecule is [c]1cnnn1-c1c[nH]nn1. The predicted octanol–water partition coefficient (Wildman–Crippen LogP) is -0.814. The van der Waals surface area contributed by atoms with Crippen LogP contribution in [0.15, 0.2) is 12.4 Å². The lowest BCUT2D eigenvalue weighted by Gasteiger charge is -1.85. The molecule has 6 nitrogen and oxygen atoms in total. The van der Waals surface area contributed by atoms with E-state index in [2.05, 4.69) is 31.9 Å². The quantitative estimate of drug-likeness (QED) is 0.554. The molecule has 2 rings (SSSR count). The molecule has 0 aliphatic rings. The first-order valence-electron chi connectivity index (χ1n) is 2.62. The van der Waals surface area contributed by atoms with E-state index in [4.69, 9.17) is 0 Å². The molecule has 0 fully saturated rings. The zero-order chi connectivity index (χ0) is 6.81. The molecular weight excluding hydrogens is 132 g/mol. The first-order chi connectivity index (χ1) is 4.97. The molecule has 0 amide bonds. The van der Waals surface area contributed by atoms with Gasteiger partial charge in [-0.1, -0.05) is 10.4 Å². The van der Waals surface area contributed by atoms with Gasteiger partial charge in [0, 0.05) is 0 Å². The molecule has 0 aliphatic heterocycles. The summed E-state index contributed by atoms with van der Waals surface area (Å²) < 4.78 is 1.39. The fourth-order valence-corrected chi connectivity index (χ4v) is 0.595. The van der Waals surface area contributed by atoms with Crippen molar-refractivity contribution >= 4 is 0 Å². The van der Waals surface area contributed by atoms with Crippen LogP contribution in [0, 0.1) is 6.20 Å². The fourth-order valence-electron chi connectivity index (χ4n) is 0.595. The lowest BCUT2D eigenvalue weighted by molar-refractivity contribution is 0.770. The molecule has 2 aromatic rings. The largest absolute Gasteiger partial charge is 0.263 e. The Morgan fingerprint density at radius 1 is 1.60 bits per heavy atom. The molecule has 0 aliphatic carbocycles. The van der Waals surface area contributed by atoms with Crippen molar-refractivity contribution in [1.29, 1.82) is 0 Å². The number of rotatable bonds is 1. The first-order valence-corrected chi connectivity index (χ1v) is 2.62. The highest BCUT2D eigenvalue weighted by atomic mass is 15.5. The van der Waals surface area contributed by atoms with Crippen molar-refractivity contribution in [1.82, 2.24) is 30.4 Å². The Morgan fingerprint density at radius 2 is 2.60 bits per heavy atom. The molecule has 6 heteroatoms. The average molecular weight is 135 g/mol. The van der Waals surface area contributed by atoms with Gasteiger partial charge in [0.1, 0.15) is 6.20 Å². The van der Waals surface area contributed by atoms with E-state index in [9.17, 15) is 0 Å². The van der Waals surface area contributed by atoms with E-state index in [1.165, 1.54) is 10.9 Å². The average Bonchev–Trinajstić information content (AvgIpc) is 2.59. The molecule has 2 aromatic heterocycles. The molecule has 0 atom stereocenters. The van der Waals surface area contributed by atoms with Gasteiger partial charge in [-0.3, -0.25) is 5.10 Å². The molecule has 1 N–H and O–H groups in total. The molecule has 10 heavy (non-hydrogen) atoms. The van der Waals surface area contributed by atoms with E-state index in [1.807, 2.05) is 0 Å². The highest BCUT2D eigenvalue weighted by molar-refractivity contribution is 5.10. The molecule has 0 saturated carbocycles. The Balaban J connectivity index is 2.48. The van der Waals surface area contributed by atoms with Crippen LogP contribution in [-0.4, -0.2) is 30.4 Å². The van der Waals surface area contributed by atoms with Crippen LogP contribution in [0.25, 0.3) is 5.82 Å². The second-order valence-corrected chi connectivity index (χ2v) is 1.61. The van der Waals surface area contributed by atoms with Crippen LogP contribution in [0.5, 0.6) is 0 Å². The normalized spacial score (nSPS) is 10.0. The van der Waals surface area contributed by atoms with Crippen molar-refractivity contribution in [2.24, 2.45) is 0 Å². The maximum atomic E-state index is 3.68. The van der Waals surface area contributed by atoms with Crippen molar-refractivity contribution in [3.63, 3.8) is 0 Å². The highest BCUT2D eigenvalue weighted by Crippen LogP contribution is 1.92. The van der Waals surface area contributed by atoms with Gasteiger partial charge >= 0.3 is 0 Å². The lowest BCUT2D eigenvalue weighted by Crippen LogP contribution is -1.95. The van der Waals surface area contributed by atoms with Gasteiger partial charge in [0.2, 0.25) is 0 Å². The van der Waals surface area contributed by atoms with E-state index in [0.717, 1.165) is 0 Å². The molecule has 1 radical (unpaired) electrons. The summed E-state index contributed by atoms with van der Waals surface area (Å²) in [5.74, 6) is 0.581. The van der Waals surface area contributed by atoms with Crippen molar-refractivity contribution < 1.29 is 0 Å². The van der Waals surface area contributed by atoms with E-state index in [0.29, 0.717) is 5.82 Å². The van der Waals surface area contributed by atoms with Gasteiger partial charge in [-0.25, -0.2) is 0 Å². The minimum absolute atomic E-state index is 0.581. The van der Waals surface area contributed by atoms with Gasteiger partial charge in [-0.05, 0) is 0 Å². The van der Waals surface area contributed by atoms with Crippen LogP contribution in [0.2, 0.25) is 0 Å². The summed E-state index contributed by atoms with van der Waals surface area (Å²) >= 11 is 0. The third kappa shape index (κ3) is 0.661. The number of nitrogens with zero attached hydrogens (tertiary/aromatic N) is 5. The van der Waals surface area contributed by atoms with Crippen molar-refractivity contribution in [3.8, 4) is 5.82 Å². The zero-order valence-corrected chi connectivity index (χ0v) is 4.89. The minimum atomic E-state index is 0.581. The smallest absolute Gasteiger partial charge is 0.197 e. The van der Waals surface area contributed by atoms with Gasteiger partial charge in [0.25, 0.3) is 0 Å².